The van der Waals surface area contributed by atoms with Gasteiger partial charge in [0, 0.05) is 36.3 Å². The van der Waals surface area contributed by atoms with Crippen LogP contribution in [0.1, 0.15) is 23.9 Å². The molecule has 0 saturated heterocycles. The number of rotatable bonds is 8. The fraction of sp³-hybridized carbons (Fsp3) is 0.238. The molecule has 0 saturated carbocycles. The highest BCUT2D eigenvalue weighted by atomic mass is 32.1. The summed E-state index contributed by atoms with van der Waals surface area (Å²) in [4.78, 5) is 20.0. The number of thiazole rings is 1. The van der Waals surface area contributed by atoms with Crippen LogP contribution in [0.25, 0.3) is 11.3 Å². The molecule has 0 N–H and O–H groups in total. The minimum absolute atomic E-state index is 0.556. The lowest BCUT2D eigenvalue weighted by Crippen LogP contribution is -2.27. The molecule has 0 fully saturated rings. The lowest BCUT2D eigenvalue weighted by Gasteiger charge is -2.21. The molecule has 0 amide bonds. The number of anilines is 1. The number of nitrogens with zero attached hydrogens (tertiary/aromatic N) is 5. The van der Waals surface area contributed by atoms with E-state index in [1.54, 1.807) is 0 Å². The van der Waals surface area contributed by atoms with Gasteiger partial charge in [-0.15, -0.1) is 11.3 Å². The highest BCUT2D eigenvalue weighted by Crippen LogP contribution is 2.25. The minimum atomic E-state index is 0.556. The highest BCUT2D eigenvalue weighted by molar-refractivity contribution is 7.07. The van der Waals surface area contributed by atoms with Crippen LogP contribution in [0.4, 0.5) is 5.95 Å². The van der Waals surface area contributed by atoms with Crippen molar-refractivity contribution in [2.24, 2.45) is 0 Å². The lowest BCUT2D eigenvalue weighted by molar-refractivity contribution is 0.570. The normalized spacial score (nSPS) is 10.9. The van der Waals surface area contributed by atoms with Crippen LogP contribution in [-0.4, -0.2) is 26.5 Å². The van der Waals surface area contributed by atoms with Crippen molar-refractivity contribution < 1.29 is 4.42 Å². The summed E-state index contributed by atoms with van der Waals surface area (Å²) in [5.74, 6) is 1.45. The minimum Gasteiger partial charge on any atom is -0.443 e. The van der Waals surface area contributed by atoms with E-state index in [2.05, 4.69) is 37.3 Å². The van der Waals surface area contributed by atoms with Gasteiger partial charge in [0.15, 0.2) is 17.7 Å². The molecule has 0 bridgehead atoms. The first kappa shape index (κ1) is 18.3. The first-order chi connectivity index (χ1) is 13.8. The van der Waals surface area contributed by atoms with Crippen LogP contribution in [-0.2, 0) is 19.4 Å². The molecule has 1 aromatic carbocycles. The van der Waals surface area contributed by atoms with Gasteiger partial charge in [-0.05, 0) is 12.0 Å². The standard InChI is InChI=1S/C21H20N5OS/c1-2-16-10-22-21(23-11-16)26(9-8-18-13-28-15-25-18)12-19-20(27-14-24-19)17-6-4-3-5-7-17/h3-7,10-11,13-14H,2,8-9,12H2,1H3. The molecule has 0 aliphatic carbocycles. The molecule has 4 aromatic rings. The molecule has 0 aliphatic rings. The molecule has 0 aliphatic heterocycles. The van der Waals surface area contributed by atoms with Gasteiger partial charge in [0.25, 0.3) is 0 Å². The molecule has 28 heavy (non-hydrogen) atoms. The van der Waals surface area contributed by atoms with Gasteiger partial charge in [-0.3, -0.25) is 0 Å². The van der Waals surface area contributed by atoms with Gasteiger partial charge in [-0.25, -0.2) is 19.9 Å². The summed E-state index contributed by atoms with van der Waals surface area (Å²) in [5.41, 5.74) is 6.90. The Morgan fingerprint density at radius 1 is 1.11 bits per heavy atom. The van der Waals surface area contributed by atoms with Crippen molar-refractivity contribution in [1.82, 2.24) is 19.9 Å². The van der Waals surface area contributed by atoms with Crippen molar-refractivity contribution in [1.29, 1.82) is 0 Å². The summed E-state index contributed by atoms with van der Waals surface area (Å²) in [7, 11) is 0. The summed E-state index contributed by atoms with van der Waals surface area (Å²) in [6, 6.07) is 10.0. The number of benzene rings is 1. The van der Waals surface area contributed by atoms with Gasteiger partial charge in [-0.1, -0.05) is 37.3 Å². The Balaban J connectivity index is 1.59. The number of hydrogen-bond donors (Lipinski definition) is 0. The Bertz CT molecular complexity index is 983. The molecule has 3 heterocycles. The van der Waals surface area contributed by atoms with Crippen molar-refractivity contribution in [3.63, 3.8) is 0 Å². The molecular formula is C21H20N5OS. The zero-order valence-electron chi connectivity index (χ0n) is 15.6. The second-order valence-corrected chi connectivity index (χ2v) is 6.99. The summed E-state index contributed by atoms with van der Waals surface area (Å²) < 4.78 is 5.68. The van der Waals surface area contributed by atoms with Crippen molar-refractivity contribution in [2.75, 3.05) is 11.4 Å². The number of aromatic nitrogens is 4. The largest absolute Gasteiger partial charge is 0.443 e. The highest BCUT2D eigenvalue weighted by Gasteiger charge is 2.17. The third kappa shape index (κ3) is 4.26. The summed E-state index contributed by atoms with van der Waals surface area (Å²) in [6.07, 6.45) is 6.96. The second-order valence-electron chi connectivity index (χ2n) is 6.34. The number of aryl methyl sites for hydroxylation is 1. The van der Waals surface area contributed by atoms with Gasteiger partial charge in [-0.2, -0.15) is 0 Å². The third-order valence-corrected chi connectivity index (χ3v) is 5.06. The molecule has 141 valence electrons. The van der Waals surface area contributed by atoms with Crippen LogP contribution in [0.5, 0.6) is 0 Å². The maximum absolute atomic E-state index is 5.68. The van der Waals surface area contributed by atoms with Crippen molar-refractivity contribution in [3.05, 3.63) is 77.0 Å². The van der Waals surface area contributed by atoms with E-state index >= 15 is 0 Å². The van der Waals surface area contributed by atoms with Crippen LogP contribution in [0.3, 0.4) is 0 Å². The Kier molecular flexibility index (Phi) is 5.72. The number of hydrogen-bond acceptors (Lipinski definition) is 7. The van der Waals surface area contributed by atoms with Crippen LogP contribution >= 0.6 is 11.3 Å². The van der Waals surface area contributed by atoms with Crippen molar-refractivity contribution in [2.45, 2.75) is 26.3 Å². The van der Waals surface area contributed by atoms with E-state index in [-0.39, 0.29) is 0 Å². The van der Waals surface area contributed by atoms with E-state index < -0.39 is 0 Å². The van der Waals surface area contributed by atoms with E-state index in [0.717, 1.165) is 47.7 Å². The lowest BCUT2D eigenvalue weighted by atomic mass is 10.1. The monoisotopic (exact) mass is 390 g/mol. The molecule has 0 unspecified atom stereocenters. The topological polar surface area (TPSA) is 67.9 Å². The Hall–Kier alpha value is -3.06. The van der Waals surface area contributed by atoms with Crippen molar-refractivity contribution >= 4 is 17.3 Å². The Morgan fingerprint density at radius 2 is 1.93 bits per heavy atom. The van der Waals surface area contributed by atoms with Gasteiger partial charge >= 0.3 is 0 Å². The molecule has 3 aromatic heterocycles. The maximum atomic E-state index is 5.68. The average molecular weight is 390 g/mol. The Morgan fingerprint density at radius 3 is 2.64 bits per heavy atom. The molecule has 4 rings (SSSR count). The molecule has 6 nitrogen and oxygen atoms in total. The first-order valence-electron chi connectivity index (χ1n) is 9.17. The van der Waals surface area contributed by atoms with E-state index in [1.807, 2.05) is 48.1 Å². The zero-order valence-corrected chi connectivity index (χ0v) is 16.4. The maximum Gasteiger partial charge on any atom is 0.225 e. The molecule has 0 spiro atoms. The van der Waals surface area contributed by atoms with E-state index in [0.29, 0.717) is 12.5 Å². The quantitative estimate of drug-likeness (QED) is 0.449. The SMILES string of the molecule is CCc1cnc(N(CCc2cs[c]n2)Cc2ncoc2-c2ccccc2)nc1. The van der Waals surface area contributed by atoms with E-state index in [1.165, 1.54) is 17.7 Å². The number of oxazole rings is 1. The summed E-state index contributed by atoms with van der Waals surface area (Å²) in [6.45, 7) is 3.38. The summed E-state index contributed by atoms with van der Waals surface area (Å²) >= 11 is 1.48. The molecule has 1 radical (unpaired) electrons. The average Bonchev–Trinajstić information content (AvgIpc) is 3.44. The molecule has 7 heteroatoms. The second kappa shape index (κ2) is 8.75. The van der Waals surface area contributed by atoms with Crippen LogP contribution in [0.2, 0.25) is 0 Å². The van der Waals surface area contributed by atoms with E-state index in [9.17, 15) is 0 Å². The van der Waals surface area contributed by atoms with E-state index in [4.69, 9.17) is 4.42 Å². The fourth-order valence-corrected chi connectivity index (χ4v) is 3.43. The Labute approximate surface area is 168 Å². The first-order valence-corrected chi connectivity index (χ1v) is 10.1. The van der Waals surface area contributed by atoms with Crippen LogP contribution in [0.15, 0.2) is 58.9 Å². The predicted molar refractivity (Wildman–Crippen MR) is 109 cm³/mol. The van der Waals surface area contributed by atoms with Crippen LogP contribution < -0.4 is 4.90 Å². The predicted octanol–water partition coefficient (Wildman–Crippen LogP) is 4.20. The smallest absolute Gasteiger partial charge is 0.225 e. The summed E-state index contributed by atoms with van der Waals surface area (Å²) in [5, 5.41) is 2.02. The van der Waals surface area contributed by atoms with Gasteiger partial charge in [0.1, 0.15) is 5.69 Å². The van der Waals surface area contributed by atoms with Gasteiger partial charge < -0.3 is 9.32 Å². The van der Waals surface area contributed by atoms with Crippen LogP contribution in [0, 0.1) is 5.51 Å². The zero-order chi connectivity index (χ0) is 19.2. The van der Waals surface area contributed by atoms with Gasteiger partial charge in [0.05, 0.1) is 12.2 Å². The molecular weight excluding hydrogens is 370 g/mol. The third-order valence-electron chi connectivity index (χ3n) is 4.48. The molecule has 0 atom stereocenters. The van der Waals surface area contributed by atoms with Gasteiger partial charge in [0.2, 0.25) is 5.95 Å². The van der Waals surface area contributed by atoms with Crippen molar-refractivity contribution in [3.8, 4) is 11.3 Å². The fourth-order valence-electron chi connectivity index (χ4n) is 2.90.